The number of benzene rings is 1. The summed E-state index contributed by atoms with van der Waals surface area (Å²) in [7, 11) is -0.574. The Labute approximate surface area is 114 Å². The van der Waals surface area contributed by atoms with Gasteiger partial charge in [0.05, 0.1) is 0 Å². The van der Waals surface area contributed by atoms with Crippen molar-refractivity contribution in [2.45, 2.75) is 31.8 Å². The van der Waals surface area contributed by atoms with Gasteiger partial charge in [-0.3, -0.25) is 4.21 Å². The summed E-state index contributed by atoms with van der Waals surface area (Å²) in [6.07, 6.45) is 2.06. The van der Waals surface area contributed by atoms with Crippen molar-refractivity contribution in [1.82, 2.24) is 5.32 Å². The van der Waals surface area contributed by atoms with Crippen molar-refractivity contribution in [3.8, 4) is 0 Å². The Morgan fingerprint density at radius 2 is 2.00 bits per heavy atom. The fourth-order valence-electron chi connectivity index (χ4n) is 2.23. The fraction of sp³-hybridized carbons (Fsp3) is 0.538. The maximum absolute atomic E-state index is 11.3. The zero-order chi connectivity index (χ0) is 12.3. The molecule has 17 heavy (non-hydrogen) atoms. The average molecular weight is 316 g/mol. The highest BCUT2D eigenvalue weighted by atomic mass is 79.9. The number of nitrogens with one attached hydrogen (secondary N) is 1. The zero-order valence-electron chi connectivity index (χ0n) is 9.99. The van der Waals surface area contributed by atoms with E-state index in [2.05, 4.69) is 46.4 Å². The normalized spacial score (nSPS) is 26.7. The van der Waals surface area contributed by atoms with Crippen LogP contribution in [0, 0.1) is 0 Å². The van der Waals surface area contributed by atoms with Crippen LogP contribution < -0.4 is 5.32 Å². The molecule has 0 aliphatic carbocycles. The molecule has 0 spiro atoms. The molecule has 0 amide bonds. The Hall–Kier alpha value is -0.190. The molecule has 1 saturated heterocycles. The van der Waals surface area contributed by atoms with E-state index >= 15 is 0 Å². The third-order valence-corrected chi connectivity index (χ3v) is 5.35. The third-order valence-electron chi connectivity index (χ3n) is 3.25. The van der Waals surface area contributed by atoms with Gasteiger partial charge in [0.2, 0.25) is 0 Å². The van der Waals surface area contributed by atoms with Crippen molar-refractivity contribution in [1.29, 1.82) is 0 Å². The van der Waals surface area contributed by atoms with Gasteiger partial charge < -0.3 is 5.32 Å². The average Bonchev–Trinajstić information content (AvgIpc) is 2.32. The Morgan fingerprint density at radius 3 is 2.65 bits per heavy atom. The van der Waals surface area contributed by atoms with Gasteiger partial charge in [-0.15, -0.1) is 0 Å². The summed E-state index contributed by atoms with van der Waals surface area (Å²) in [5.41, 5.74) is 1.29. The number of rotatable bonds is 3. The van der Waals surface area contributed by atoms with Crippen LogP contribution in [0.2, 0.25) is 0 Å². The smallest absolute Gasteiger partial charge is 0.0305 e. The highest BCUT2D eigenvalue weighted by Gasteiger charge is 2.20. The molecule has 1 aromatic rings. The lowest BCUT2D eigenvalue weighted by Gasteiger charge is -2.27. The van der Waals surface area contributed by atoms with Crippen LogP contribution >= 0.6 is 15.9 Å². The lowest BCUT2D eigenvalue weighted by Crippen LogP contribution is -2.37. The third kappa shape index (κ3) is 3.63. The summed E-state index contributed by atoms with van der Waals surface area (Å²) in [5, 5.41) is 3.63. The molecule has 1 N–H and O–H groups in total. The van der Waals surface area contributed by atoms with E-state index in [1.54, 1.807) is 0 Å². The van der Waals surface area contributed by atoms with Crippen LogP contribution in [0.5, 0.6) is 0 Å². The van der Waals surface area contributed by atoms with Crippen molar-refractivity contribution >= 4 is 26.7 Å². The van der Waals surface area contributed by atoms with Gasteiger partial charge in [-0.1, -0.05) is 34.1 Å². The molecule has 1 heterocycles. The minimum Gasteiger partial charge on any atom is -0.307 e. The van der Waals surface area contributed by atoms with Gasteiger partial charge in [-0.25, -0.2) is 0 Å². The van der Waals surface area contributed by atoms with Crippen LogP contribution in [0.3, 0.4) is 0 Å². The molecule has 1 atom stereocenters. The first-order valence-electron chi connectivity index (χ1n) is 6.02. The van der Waals surface area contributed by atoms with Crippen LogP contribution in [-0.2, 0) is 10.8 Å². The van der Waals surface area contributed by atoms with Crippen molar-refractivity contribution < 1.29 is 4.21 Å². The first-order valence-corrected chi connectivity index (χ1v) is 8.30. The van der Waals surface area contributed by atoms with Crippen molar-refractivity contribution in [3.05, 3.63) is 34.3 Å². The number of hydrogen-bond acceptors (Lipinski definition) is 2. The largest absolute Gasteiger partial charge is 0.307 e. The molecule has 1 aliphatic heterocycles. The Balaban J connectivity index is 1.95. The van der Waals surface area contributed by atoms with E-state index in [0.29, 0.717) is 12.1 Å². The maximum atomic E-state index is 11.3. The second-order valence-corrected chi connectivity index (χ2v) is 7.08. The molecule has 1 aliphatic rings. The lowest BCUT2D eigenvalue weighted by molar-refractivity contribution is 0.426. The second-order valence-electron chi connectivity index (χ2n) is 4.53. The summed E-state index contributed by atoms with van der Waals surface area (Å²) in [5.74, 6) is 1.70. The molecule has 94 valence electrons. The Morgan fingerprint density at radius 1 is 1.35 bits per heavy atom. The standard InChI is InChI=1S/C13H18BrNOS/c1-10(12-4-2-3-5-13(12)14)15-11-6-8-17(16)9-7-11/h2-5,10-11,15H,6-9H2,1H3/t10-,11?,17?/m0/s1. The molecular formula is C13H18BrNOS. The van der Waals surface area contributed by atoms with Crippen molar-refractivity contribution in [3.63, 3.8) is 0 Å². The fourth-order valence-corrected chi connectivity index (χ4v) is 4.16. The minimum absolute atomic E-state index is 0.335. The number of hydrogen-bond donors (Lipinski definition) is 1. The van der Waals surface area contributed by atoms with Gasteiger partial charge in [0.1, 0.15) is 0 Å². The van der Waals surface area contributed by atoms with Crippen molar-refractivity contribution in [2.75, 3.05) is 11.5 Å². The van der Waals surface area contributed by atoms with Crippen molar-refractivity contribution in [2.24, 2.45) is 0 Å². The van der Waals surface area contributed by atoms with Gasteiger partial charge in [-0.05, 0) is 31.4 Å². The molecule has 0 aromatic heterocycles. The molecule has 4 heteroatoms. The lowest BCUT2D eigenvalue weighted by atomic mass is 10.1. The van der Waals surface area contributed by atoms with Crippen LogP contribution in [0.15, 0.2) is 28.7 Å². The topological polar surface area (TPSA) is 29.1 Å². The highest BCUT2D eigenvalue weighted by Crippen LogP contribution is 2.24. The van der Waals surface area contributed by atoms with Gasteiger partial charge in [-0.2, -0.15) is 0 Å². The molecule has 0 radical (unpaired) electrons. The monoisotopic (exact) mass is 315 g/mol. The molecule has 0 unspecified atom stereocenters. The molecule has 1 fully saturated rings. The van der Waals surface area contributed by atoms with Gasteiger partial charge in [0.15, 0.2) is 0 Å². The van der Waals surface area contributed by atoms with E-state index in [0.717, 1.165) is 28.8 Å². The van der Waals surface area contributed by atoms with E-state index in [4.69, 9.17) is 0 Å². The van der Waals surface area contributed by atoms with Crippen LogP contribution in [-0.4, -0.2) is 21.8 Å². The molecule has 2 nitrogen and oxygen atoms in total. The second kappa shape index (κ2) is 6.12. The van der Waals surface area contributed by atoms with E-state index in [9.17, 15) is 4.21 Å². The van der Waals surface area contributed by atoms with E-state index in [1.165, 1.54) is 5.56 Å². The Bertz CT molecular complexity index is 400. The van der Waals surface area contributed by atoms with E-state index < -0.39 is 10.8 Å². The highest BCUT2D eigenvalue weighted by molar-refractivity contribution is 9.10. The Kier molecular flexibility index (Phi) is 4.77. The van der Waals surface area contributed by atoms with Crippen LogP contribution in [0.1, 0.15) is 31.4 Å². The maximum Gasteiger partial charge on any atom is 0.0305 e. The van der Waals surface area contributed by atoms with E-state index in [-0.39, 0.29) is 0 Å². The van der Waals surface area contributed by atoms with E-state index in [1.807, 2.05) is 6.07 Å². The summed E-state index contributed by atoms with van der Waals surface area (Å²) >= 11 is 3.58. The molecule has 2 rings (SSSR count). The summed E-state index contributed by atoms with van der Waals surface area (Å²) in [6.45, 7) is 2.19. The van der Waals surface area contributed by atoms with Gasteiger partial charge in [0.25, 0.3) is 0 Å². The summed E-state index contributed by atoms with van der Waals surface area (Å²) in [4.78, 5) is 0. The molecular weight excluding hydrogens is 298 g/mol. The predicted molar refractivity (Wildman–Crippen MR) is 76.6 cm³/mol. The quantitative estimate of drug-likeness (QED) is 0.929. The minimum atomic E-state index is -0.574. The van der Waals surface area contributed by atoms with Crippen LogP contribution in [0.25, 0.3) is 0 Å². The SMILES string of the molecule is C[C@H](NC1CCS(=O)CC1)c1ccccc1Br. The van der Waals surface area contributed by atoms with Gasteiger partial charge >= 0.3 is 0 Å². The first-order chi connectivity index (χ1) is 8.16. The molecule has 1 aromatic carbocycles. The predicted octanol–water partition coefficient (Wildman–Crippen LogP) is 3.01. The summed E-state index contributed by atoms with van der Waals surface area (Å²) in [6, 6.07) is 9.15. The molecule has 0 saturated carbocycles. The van der Waals surface area contributed by atoms with Gasteiger partial charge in [0, 0.05) is 38.9 Å². The van der Waals surface area contributed by atoms with Crippen LogP contribution in [0.4, 0.5) is 0 Å². The summed E-state index contributed by atoms with van der Waals surface area (Å²) < 4.78 is 12.4. The molecule has 0 bridgehead atoms. The zero-order valence-corrected chi connectivity index (χ0v) is 12.4. The first kappa shape index (κ1) is 13.2. The number of halogens is 1.